The second-order valence-electron chi connectivity index (χ2n) is 4.83. The maximum Gasteiger partial charge on any atom is 0.265 e. The molecule has 21 heavy (non-hydrogen) atoms. The molecule has 1 amide bonds. The second-order valence-corrected chi connectivity index (χ2v) is 5.92. The highest BCUT2D eigenvalue weighted by Gasteiger charge is 2.14. The first-order valence-electron chi connectivity index (χ1n) is 7.09. The Bertz CT molecular complexity index is 651. The van der Waals surface area contributed by atoms with E-state index in [-0.39, 0.29) is 11.7 Å². The number of Topliss-reactive ketones (excluding diaryl/α,β-unsaturated/α-hetero) is 1. The number of amides is 1. The summed E-state index contributed by atoms with van der Waals surface area (Å²) in [4.78, 5) is 24.9. The fourth-order valence-electron chi connectivity index (χ4n) is 2.23. The molecule has 0 spiro atoms. The van der Waals surface area contributed by atoms with Crippen LogP contribution in [0.15, 0.2) is 30.3 Å². The molecule has 1 aromatic heterocycles. The summed E-state index contributed by atoms with van der Waals surface area (Å²) in [6.07, 6.45) is 1.74. The summed E-state index contributed by atoms with van der Waals surface area (Å²) in [5.74, 6) is -0.162. The van der Waals surface area contributed by atoms with Crippen molar-refractivity contribution in [1.29, 1.82) is 0 Å². The van der Waals surface area contributed by atoms with Crippen LogP contribution in [0.2, 0.25) is 0 Å². The van der Waals surface area contributed by atoms with Gasteiger partial charge in [-0.25, -0.2) is 0 Å². The van der Waals surface area contributed by atoms with E-state index >= 15 is 0 Å². The Morgan fingerprint density at radius 2 is 1.57 bits per heavy atom. The number of carbonyl (C=O) groups excluding carboxylic acids is 2. The highest BCUT2D eigenvalue weighted by atomic mass is 32.1. The van der Waals surface area contributed by atoms with E-state index in [2.05, 4.69) is 19.2 Å². The topological polar surface area (TPSA) is 46.2 Å². The summed E-state index contributed by atoms with van der Waals surface area (Å²) in [5.41, 5.74) is 3.17. The summed E-state index contributed by atoms with van der Waals surface area (Å²) < 4.78 is 0. The molecule has 0 unspecified atom stereocenters. The van der Waals surface area contributed by atoms with Crippen LogP contribution in [0.1, 0.15) is 51.2 Å². The average Bonchev–Trinajstić information content (AvgIpc) is 2.97. The molecule has 0 saturated heterocycles. The second kappa shape index (κ2) is 6.68. The van der Waals surface area contributed by atoms with Crippen LogP contribution in [0, 0.1) is 0 Å². The minimum atomic E-state index is -0.150. The van der Waals surface area contributed by atoms with Gasteiger partial charge in [0.25, 0.3) is 5.91 Å². The number of hydrogen-bond acceptors (Lipinski definition) is 3. The van der Waals surface area contributed by atoms with Gasteiger partial charge in [-0.05, 0) is 43.0 Å². The lowest BCUT2D eigenvalue weighted by molar-refractivity contribution is 0.101. The van der Waals surface area contributed by atoms with Crippen molar-refractivity contribution in [2.75, 3.05) is 5.32 Å². The highest BCUT2D eigenvalue weighted by molar-refractivity contribution is 7.16. The van der Waals surface area contributed by atoms with E-state index in [1.807, 2.05) is 18.2 Å². The molecule has 0 saturated carbocycles. The average molecular weight is 301 g/mol. The molecule has 1 aromatic carbocycles. The van der Waals surface area contributed by atoms with Crippen LogP contribution in [0.25, 0.3) is 0 Å². The first-order chi connectivity index (χ1) is 10.1. The number of hydrogen-bond donors (Lipinski definition) is 1. The molecule has 4 heteroatoms. The molecule has 0 aliphatic carbocycles. The van der Waals surface area contributed by atoms with Gasteiger partial charge in [0.15, 0.2) is 5.78 Å². The number of benzene rings is 1. The summed E-state index contributed by atoms with van der Waals surface area (Å²) >= 11 is 1.23. The molecule has 2 aromatic rings. The monoisotopic (exact) mass is 301 g/mol. The fourth-order valence-corrected chi connectivity index (χ4v) is 3.02. The number of anilines is 1. The van der Waals surface area contributed by atoms with Gasteiger partial charge in [0, 0.05) is 5.69 Å². The quantitative estimate of drug-likeness (QED) is 0.836. The third-order valence-electron chi connectivity index (χ3n) is 3.41. The summed E-state index contributed by atoms with van der Waals surface area (Å²) in [6, 6.07) is 9.49. The Morgan fingerprint density at radius 3 is 2.05 bits per heavy atom. The first kappa shape index (κ1) is 15.4. The molecule has 3 nitrogen and oxygen atoms in total. The zero-order valence-corrected chi connectivity index (χ0v) is 13.3. The van der Waals surface area contributed by atoms with Crippen molar-refractivity contribution in [1.82, 2.24) is 0 Å². The van der Waals surface area contributed by atoms with Gasteiger partial charge in [0.2, 0.25) is 0 Å². The van der Waals surface area contributed by atoms with E-state index in [9.17, 15) is 9.59 Å². The molecule has 0 aliphatic heterocycles. The number of ketones is 1. The van der Waals surface area contributed by atoms with Gasteiger partial charge in [0.05, 0.1) is 9.75 Å². The Labute approximate surface area is 129 Å². The third-order valence-corrected chi connectivity index (χ3v) is 4.60. The van der Waals surface area contributed by atoms with Crippen LogP contribution >= 0.6 is 11.3 Å². The van der Waals surface area contributed by atoms with Gasteiger partial charge in [-0.15, -0.1) is 11.3 Å². The lowest BCUT2D eigenvalue weighted by Crippen LogP contribution is -2.13. The molecule has 1 heterocycles. The van der Waals surface area contributed by atoms with E-state index < -0.39 is 0 Å². The van der Waals surface area contributed by atoms with Crippen molar-refractivity contribution >= 4 is 28.7 Å². The number of para-hydroxylation sites is 1. The smallest absolute Gasteiger partial charge is 0.265 e. The zero-order valence-electron chi connectivity index (χ0n) is 12.5. The van der Waals surface area contributed by atoms with Crippen molar-refractivity contribution < 1.29 is 9.59 Å². The highest BCUT2D eigenvalue weighted by Crippen LogP contribution is 2.25. The van der Waals surface area contributed by atoms with E-state index in [4.69, 9.17) is 0 Å². The number of nitrogens with one attached hydrogen (secondary N) is 1. The number of aryl methyl sites for hydroxylation is 2. The summed E-state index contributed by atoms with van der Waals surface area (Å²) in [7, 11) is 0. The van der Waals surface area contributed by atoms with Gasteiger partial charge in [-0.3, -0.25) is 9.59 Å². The Hall–Kier alpha value is -1.94. The van der Waals surface area contributed by atoms with Gasteiger partial charge < -0.3 is 5.32 Å². The molecule has 0 atom stereocenters. The standard InChI is InChI=1S/C17H19NO2S/c1-4-12-7-6-8-13(5-2)16(12)18-17(20)15-10-9-14(21-15)11(3)19/h6-10H,4-5H2,1-3H3,(H,18,20). The van der Waals surface area contributed by atoms with Gasteiger partial charge in [-0.1, -0.05) is 32.0 Å². The van der Waals surface area contributed by atoms with Crippen LogP contribution in [0.5, 0.6) is 0 Å². The van der Waals surface area contributed by atoms with Crippen molar-refractivity contribution in [3.63, 3.8) is 0 Å². The van der Waals surface area contributed by atoms with Crippen molar-refractivity contribution in [2.24, 2.45) is 0 Å². The Balaban J connectivity index is 2.28. The lowest BCUT2D eigenvalue weighted by atomic mass is 10.0. The van der Waals surface area contributed by atoms with Gasteiger partial charge >= 0.3 is 0 Å². The largest absolute Gasteiger partial charge is 0.321 e. The fraction of sp³-hybridized carbons (Fsp3) is 0.294. The van der Waals surface area contributed by atoms with Crippen LogP contribution in [-0.2, 0) is 12.8 Å². The Kier molecular flexibility index (Phi) is 4.91. The normalized spacial score (nSPS) is 10.4. The van der Waals surface area contributed by atoms with Crippen LogP contribution in [0.4, 0.5) is 5.69 Å². The van der Waals surface area contributed by atoms with Crippen LogP contribution in [0.3, 0.4) is 0 Å². The van der Waals surface area contributed by atoms with E-state index in [0.717, 1.165) is 29.7 Å². The lowest BCUT2D eigenvalue weighted by Gasteiger charge is -2.13. The Morgan fingerprint density at radius 1 is 1.00 bits per heavy atom. The SMILES string of the molecule is CCc1cccc(CC)c1NC(=O)c1ccc(C(C)=O)s1. The maximum atomic E-state index is 12.4. The number of carbonyl (C=O) groups is 2. The van der Waals surface area contributed by atoms with Crippen LogP contribution in [-0.4, -0.2) is 11.7 Å². The first-order valence-corrected chi connectivity index (χ1v) is 7.91. The molecule has 0 aliphatic rings. The van der Waals surface area contributed by atoms with Crippen molar-refractivity contribution in [2.45, 2.75) is 33.6 Å². The molecule has 0 radical (unpaired) electrons. The molecule has 110 valence electrons. The minimum Gasteiger partial charge on any atom is -0.321 e. The predicted octanol–water partition coefficient (Wildman–Crippen LogP) is 4.33. The number of rotatable bonds is 5. The molecular formula is C17H19NO2S. The maximum absolute atomic E-state index is 12.4. The van der Waals surface area contributed by atoms with Crippen LogP contribution < -0.4 is 5.32 Å². The van der Waals surface area contributed by atoms with E-state index in [0.29, 0.717) is 9.75 Å². The molecule has 1 N–H and O–H groups in total. The minimum absolute atomic E-state index is 0.0118. The predicted molar refractivity (Wildman–Crippen MR) is 87.5 cm³/mol. The summed E-state index contributed by atoms with van der Waals surface area (Å²) in [6.45, 7) is 5.65. The number of thiophene rings is 1. The zero-order chi connectivity index (χ0) is 15.4. The summed E-state index contributed by atoms with van der Waals surface area (Å²) in [5, 5.41) is 3.01. The van der Waals surface area contributed by atoms with Gasteiger partial charge in [0.1, 0.15) is 0 Å². The van der Waals surface area contributed by atoms with E-state index in [1.54, 1.807) is 12.1 Å². The van der Waals surface area contributed by atoms with Crippen molar-refractivity contribution in [3.8, 4) is 0 Å². The molecular weight excluding hydrogens is 282 g/mol. The molecule has 0 fully saturated rings. The van der Waals surface area contributed by atoms with E-state index in [1.165, 1.54) is 18.3 Å². The third kappa shape index (κ3) is 3.39. The molecule has 2 rings (SSSR count). The molecule has 0 bridgehead atoms. The van der Waals surface area contributed by atoms with Crippen molar-refractivity contribution in [3.05, 3.63) is 51.2 Å². The van der Waals surface area contributed by atoms with Gasteiger partial charge in [-0.2, -0.15) is 0 Å².